The molecule has 5 aromatic heterocycles. The molecule has 2 aliphatic rings. The van der Waals surface area contributed by atoms with Crippen molar-refractivity contribution < 1.29 is 27.5 Å². The first-order valence-corrected chi connectivity index (χ1v) is 19.9. The molecule has 0 aliphatic carbocycles. The first kappa shape index (κ1) is 38.5. The van der Waals surface area contributed by atoms with E-state index >= 15 is 0 Å². The summed E-state index contributed by atoms with van der Waals surface area (Å²) in [5.41, 5.74) is 9.63. The Kier molecular flexibility index (Phi) is 9.19. The number of hydrogen-bond donors (Lipinski definition) is 1. The van der Waals surface area contributed by atoms with Gasteiger partial charge in [0.1, 0.15) is 51.0 Å². The molecule has 14 heteroatoms. The SMILES string of the molecule is CNC(=O)c1c(-c2ccc(C#N)cc2)oc2cc(N(C)C)c(-c3ccc4c(n3)-c3cc5c(F)cc(C)cc5n3CO4)cc12.Fc1cccc2c1cc1n2COc2ccc(Cl)nc2-1. The number of aromatic nitrogens is 4. The molecule has 0 bridgehead atoms. The Morgan fingerprint density at radius 1 is 0.806 bits per heavy atom. The number of halogens is 3. The minimum absolute atomic E-state index is 0.247. The van der Waals surface area contributed by atoms with Crippen LogP contribution in [0, 0.1) is 29.9 Å². The van der Waals surface area contributed by atoms with Gasteiger partial charge in [-0.2, -0.15) is 5.26 Å². The quantitative estimate of drug-likeness (QED) is 0.174. The third kappa shape index (κ3) is 6.26. The van der Waals surface area contributed by atoms with Gasteiger partial charge in [-0.1, -0.05) is 17.7 Å². The van der Waals surface area contributed by atoms with Crippen molar-refractivity contribution in [2.75, 3.05) is 26.0 Å². The Bertz CT molecular complexity index is 3360. The van der Waals surface area contributed by atoms with Crippen LogP contribution >= 0.6 is 11.6 Å². The van der Waals surface area contributed by atoms with Gasteiger partial charge in [0.25, 0.3) is 5.91 Å². The molecule has 9 aromatic rings. The van der Waals surface area contributed by atoms with Crippen molar-refractivity contribution in [3.63, 3.8) is 0 Å². The van der Waals surface area contributed by atoms with Crippen LogP contribution in [0.25, 0.3) is 78.1 Å². The molecule has 2 aliphatic heterocycles. The van der Waals surface area contributed by atoms with Crippen molar-refractivity contribution in [1.82, 2.24) is 24.4 Å². The molecule has 0 fully saturated rings. The van der Waals surface area contributed by atoms with Crippen LogP contribution < -0.4 is 19.7 Å². The third-order valence-electron chi connectivity index (χ3n) is 11.2. The van der Waals surface area contributed by atoms with E-state index in [9.17, 15) is 18.8 Å². The molecule has 62 heavy (non-hydrogen) atoms. The average Bonchev–Trinajstić information content (AvgIpc) is 3.98. The summed E-state index contributed by atoms with van der Waals surface area (Å²) in [5, 5.41) is 14.1. The number of ether oxygens (including phenoxy) is 2. The number of aryl methyl sites for hydroxylation is 1. The van der Waals surface area contributed by atoms with E-state index < -0.39 is 0 Å². The van der Waals surface area contributed by atoms with Gasteiger partial charge in [-0.15, -0.1) is 0 Å². The number of fused-ring (bicyclic) bond motifs is 11. The zero-order chi connectivity index (χ0) is 43.0. The first-order chi connectivity index (χ1) is 30.0. The molecule has 0 unspecified atom stereocenters. The average molecular weight is 846 g/mol. The van der Waals surface area contributed by atoms with Crippen LogP contribution in [-0.4, -0.2) is 46.2 Å². The number of nitriles is 1. The van der Waals surface area contributed by atoms with Crippen molar-refractivity contribution in [2.24, 2.45) is 0 Å². The molecule has 0 saturated heterocycles. The van der Waals surface area contributed by atoms with Crippen molar-refractivity contribution in [1.29, 1.82) is 5.26 Å². The first-order valence-electron chi connectivity index (χ1n) is 19.5. The van der Waals surface area contributed by atoms with E-state index in [0.29, 0.717) is 84.7 Å². The summed E-state index contributed by atoms with van der Waals surface area (Å²) in [5.74, 6) is 0.864. The number of pyridine rings is 2. The van der Waals surface area contributed by atoms with Gasteiger partial charge >= 0.3 is 0 Å². The Morgan fingerprint density at radius 2 is 1.48 bits per heavy atom. The van der Waals surface area contributed by atoms with E-state index in [-0.39, 0.29) is 24.3 Å². The molecular formula is C48H34ClF2N7O4. The minimum atomic E-state index is -0.296. The van der Waals surface area contributed by atoms with Crippen LogP contribution in [-0.2, 0) is 13.5 Å². The zero-order valence-electron chi connectivity index (χ0n) is 33.7. The van der Waals surface area contributed by atoms with Crippen LogP contribution in [0.1, 0.15) is 21.5 Å². The van der Waals surface area contributed by atoms with E-state index in [1.54, 1.807) is 55.6 Å². The minimum Gasteiger partial charge on any atom is -0.470 e. The normalized spacial score (nSPS) is 12.3. The van der Waals surface area contributed by atoms with Gasteiger partial charge in [0.05, 0.1) is 45.3 Å². The maximum absolute atomic E-state index is 14.9. The lowest BCUT2D eigenvalue weighted by molar-refractivity contribution is 0.0964. The molecule has 7 heterocycles. The van der Waals surface area contributed by atoms with Gasteiger partial charge in [-0.3, -0.25) is 4.79 Å². The van der Waals surface area contributed by atoms with E-state index in [1.165, 1.54) is 12.1 Å². The highest BCUT2D eigenvalue weighted by Gasteiger charge is 2.27. The number of nitrogens with zero attached hydrogens (tertiary/aromatic N) is 6. The van der Waals surface area contributed by atoms with Crippen molar-refractivity contribution >= 4 is 56.0 Å². The molecule has 4 aromatic carbocycles. The highest BCUT2D eigenvalue weighted by molar-refractivity contribution is 6.29. The van der Waals surface area contributed by atoms with E-state index in [2.05, 4.69) is 16.4 Å². The standard InChI is InChI=1S/C34H26FN5O3.C14H8ClFN2O/c1-18-11-24(35)21-14-28-32-29(42-17-40(28)27(21)12-18)10-9-25(38-32)22-13-23-30(15-26(22)39(3)4)43-33(31(23)34(41)37-2)20-7-5-19(16-36)6-8-20;15-13-5-4-12-14(17-13)11-6-8-9(16)2-1-3-10(8)18(11)7-19-12/h5-15H,17H2,1-4H3,(H,37,41);1-6H,7H2. The Hall–Kier alpha value is -7.69. The molecule has 0 atom stereocenters. The Morgan fingerprint density at radius 3 is 2.18 bits per heavy atom. The number of carbonyl (C=O) groups is 1. The summed E-state index contributed by atoms with van der Waals surface area (Å²) in [4.78, 5) is 24.5. The Labute approximate surface area is 357 Å². The van der Waals surface area contributed by atoms with E-state index in [1.807, 2.05) is 77.5 Å². The second-order valence-electron chi connectivity index (χ2n) is 15.2. The van der Waals surface area contributed by atoms with Gasteiger partial charge in [0.15, 0.2) is 13.5 Å². The van der Waals surface area contributed by atoms with Gasteiger partial charge < -0.3 is 33.2 Å². The monoisotopic (exact) mass is 845 g/mol. The van der Waals surface area contributed by atoms with E-state index in [4.69, 9.17) is 30.5 Å². The summed E-state index contributed by atoms with van der Waals surface area (Å²) in [7, 11) is 5.44. The summed E-state index contributed by atoms with van der Waals surface area (Å²) in [6, 6.07) is 32.2. The van der Waals surface area contributed by atoms with Crippen molar-refractivity contribution in [2.45, 2.75) is 20.4 Å². The van der Waals surface area contributed by atoms with E-state index in [0.717, 1.165) is 39.2 Å². The second-order valence-corrected chi connectivity index (χ2v) is 15.6. The molecule has 1 N–H and O–H groups in total. The van der Waals surface area contributed by atoms with Crippen molar-refractivity contribution in [3.05, 3.63) is 137 Å². The predicted molar refractivity (Wildman–Crippen MR) is 234 cm³/mol. The maximum Gasteiger partial charge on any atom is 0.255 e. The number of nitrogens with one attached hydrogen (secondary N) is 1. The fourth-order valence-electron chi connectivity index (χ4n) is 8.21. The fraction of sp³-hybridized carbons (Fsp3) is 0.125. The maximum atomic E-state index is 14.9. The number of amides is 1. The number of carbonyl (C=O) groups excluding carboxylic acids is 1. The summed E-state index contributed by atoms with van der Waals surface area (Å²) in [6.45, 7) is 2.47. The van der Waals surface area contributed by atoms with Crippen LogP contribution in [0.2, 0.25) is 5.15 Å². The number of benzene rings is 4. The summed E-state index contributed by atoms with van der Waals surface area (Å²) in [6.07, 6.45) is 0. The summed E-state index contributed by atoms with van der Waals surface area (Å²) < 4.78 is 50.5. The molecule has 306 valence electrons. The van der Waals surface area contributed by atoms with Crippen LogP contribution in [0.3, 0.4) is 0 Å². The lowest BCUT2D eigenvalue weighted by atomic mass is 9.99. The topological polar surface area (TPSA) is 123 Å². The molecule has 11 nitrogen and oxygen atoms in total. The molecule has 0 saturated carbocycles. The van der Waals surface area contributed by atoms with Gasteiger partial charge in [0, 0.05) is 60.2 Å². The second kappa shape index (κ2) is 14.8. The third-order valence-corrected chi connectivity index (χ3v) is 11.4. The molecule has 11 rings (SSSR count). The van der Waals surface area contributed by atoms with Crippen LogP contribution in [0.4, 0.5) is 14.5 Å². The molecule has 0 spiro atoms. The molecular weight excluding hydrogens is 812 g/mol. The smallest absolute Gasteiger partial charge is 0.255 e. The van der Waals surface area contributed by atoms with Gasteiger partial charge in [0.2, 0.25) is 0 Å². The highest BCUT2D eigenvalue weighted by atomic mass is 35.5. The lowest BCUT2D eigenvalue weighted by Gasteiger charge is -2.22. The van der Waals surface area contributed by atoms with Crippen LogP contribution in [0.15, 0.2) is 108 Å². The number of anilines is 1. The fourth-order valence-corrected chi connectivity index (χ4v) is 8.36. The zero-order valence-corrected chi connectivity index (χ0v) is 34.4. The van der Waals surface area contributed by atoms with Gasteiger partial charge in [-0.05, 0) is 103 Å². The lowest BCUT2D eigenvalue weighted by Crippen LogP contribution is -2.18. The Balaban J connectivity index is 0.000000199. The van der Waals surface area contributed by atoms with Crippen LogP contribution in [0.5, 0.6) is 11.5 Å². The van der Waals surface area contributed by atoms with Crippen molar-refractivity contribution in [3.8, 4) is 62.9 Å². The predicted octanol–water partition coefficient (Wildman–Crippen LogP) is 10.7. The summed E-state index contributed by atoms with van der Waals surface area (Å²) >= 11 is 5.92. The highest BCUT2D eigenvalue weighted by Crippen LogP contribution is 2.44. The molecule has 0 radical (unpaired) electrons. The number of furan rings is 1. The number of hydrogen-bond acceptors (Lipinski definition) is 8. The molecule has 1 amide bonds. The van der Waals surface area contributed by atoms with Gasteiger partial charge in [-0.25, -0.2) is 18.7 Å². The largest absolute Gasteiger partial charge is 0.470 e. The number of rotatable bonds is 4.